The maximum Gasteiger partial charge on any atom is 0.277 e. The SMILES string of the molecule is COc1ccccc1-c1nnc(SCc2csc(Cc3ccc(Cl)cc3)n2)o1. The fraction of sp³-hybridized carbons (Fsp3) is 0.150. The van der Waals surface area contributed by atoms with Crippen molar-refractivity contribution in [2.75, 3.05) is 7.11 Å². The Bertz CT molecular complexity index is 1060. The van der Waals surface area contributed by atoms with Gasteiger partial charge in [-0.1, -0.05) is 47.6 Å². The highest BCUT2D eigenvalue weighted by Crippen LogP contribution is 2.31. The van der Waals surface area contributed by atoms with Crippen molar-refractivity contribution in [3.8, 4) is 17.2 Å². The lowest BCUT2D eigenvalue weighted by molar-refractivity contribution is 0.411. The predicted octanol–water partition coefficient (Wildman–Crippen LogP) is 5.74. The van der Waals surface area contributed by atoms with E-state index in [1.54, 1.807) is 18.4 Å². The molecule has 0 aliphatic rings. The van der Waals surface area contributed by atoms with Crippen LogP contribution in [0.3, 0.4) is 0 Å². The lowest BCUT2D eigenvalue weighted by atomic mass is 10.2. The highest BCUT2D eigenvalue weighted by Gasteiger charge is 2.14. The molecule has 142 valence electrons. The quantitative estimate of drug-likeness (QED) is 0.349. The summed E-state index contributed by atoms with van der Waals surface area (Å²) in [7, 11) is 1.62. The highest BCUT2D eigenvalue weighted by molar-refractivity contribution is 7.98. The summed E-state index contributed by atoms with van der Waals surface area (Å²) >= 11 is 9.05. The molecule has 0 radical (unpaired) electrons. The van der Waals surface area contributed by atoms with Crippen molar-refractivity contribution in [3.63, 3.8) is 0 Å². The number of hydrogen-bond donors (Lipinski definition) is 0. The Balaban J connectivity index is 1.38. The molecule has 2 aromatic heterocycles. The van der Waals surface area contributed by atoms with Gasteiger partial charge in [0.1, 0.15) is 5.75 Å². The van der Waals surface area contributed by atoms with Crippen LogP contribution in [-0.4, -0.2) is 22.3 Å². The molecule has 4 aromatic rings. The number of nitrogens with zero attached hydrogens (tertiary/aromatic N) is 3. The van der Waals surface area contributed by atoms with Crippen molar-refractivity contribution < 1.29 is 9.15 Å². The molecule has 0 unspecified atom stereocenters. The Kier molecular flexibility index (Phi) is 5.95. The normalized spacial score (nSPS) is 10.9. The zero-order chi connectivity index (χ0) is 19.3. The van der Waals surface area contributed by atoms with E-state index in [1.165, 1.54) is 17.3 Å². The number of rotatable bonds is 7. The Morgan fingerprint density at radius 2 is 1.93 bits per heavy atom. The van der Waals surface area contributed by atoms with E-state index in [0.717, 1.165) is 27.7 Å². The molecule has 2 heterocycles. The zero-order valence-corrected chi connectivity index (χ0v) is 17.4. The molecule has 0 aliphatic heterocycles. The summed E-state index contributed by atoms with van der Waals surface area (Å²) in [4.78, 5) is 4.69. The third kappa shape index (κ3) is 4.55. The lowest BCUT2D eigenvalue weighted by Crippen LogP contribution is -1.88. The van der Waals surface area contributed by atoms with Crippen LogP contribution in [0.25, 0.3) is 11.5 Å². The van der Waals surface area contributed by atoms with Crippen molar-refractivity contribution in [2.24, 2.45) is 0 Å². The molecule has 0 saturated carbocycles. The minimum Gasteiger partial charge on any atom is -0.496 e. The third-order valence-electron chi connectivity index (χ3n) is 3.96. The van der Waals surface area contributed by atoms with Crippen molar-refractivity contribution in [1.82, 2.24) is 15.2 Å². The summed E-state index contributed by atoms with van der Waals surface area (Å²) < 4.78 is 11.1. The van der Waals surface area contributed by atoms with Crippen molar-refractivity contribution in [1.29, 1.82) is 0 Å². The van der Waals surface area contributed by atoms with Crippen LogP contribution in [0.1, 0.15) is 16.3 Å². The van der Waals surface area contributed by atoms with E-state index in [2.05, 4.69) is 15.6 Å². The molecule has 0 fully saturated rings. The number of halogens is 1. The van der Waals surface area contributed by atoms with Gasteiger partial charge in [-0.2, -0.15) is 0 Å². The zero-order valence-electron chi connectivity index (χ0n) is 15.0. The summed E-state index contributed by atoms with van der Waals surface area (Å²) in [5.74, 6) is 1.82. The fourth-order valence-corrected chi connectivity index (χ4v) is 4.32. The Labute approximate surface area is 175 Å². The third-order valence-corrected chi connectivity index (χ3v) is 5.96. The fourth-order valence-electron chi connectivity index (χ4n) is 2.61. The van der Waals surface area contributed by atoms with Gasteiger partial charge in [-0.3, -0.25) is 0 Å². The first-order valence-corrected chi connectivity index (χ1v) is 10.7. The number of aromatic nitrogens is 3. The maximum atomic E-state index is 5.93. The largest absolute Gasteiger partial charge is 0.496 e. The maximum absolute atomic E-state index is 5.93. The molecule has 28 heavy (non-hydrogen) atoms. The molecule has 8 heteroatoms. The van der Waals surface area contributed by atoms with Crippen LogP contribution in [0.5, 0.6) is 5.75 Å². The Morgan fingerprint density at radius 3 is 2.75 bits per heavy atom. The summed E-state index contributed by atoms with van der Waals surface area (Å²) in [6, 6.07) is 15.4. The molecule has 0 aliphatic carbocycles. The Hall–Kier alpha value is -2.35. The van der Waals surface area contributed by atoms with Crippen molar-refractivity contribution in [2.45, 2.75) is 17.4 Å². The smallest absolute Gasteiger partial charge is 0.277 e. The van der Waals surface area contributed by atoms with Crippen LogP contribution in [0, 0.1) is 0 Å². The minimum atomic E-state index is 0.446. The van der Waals surface area contributed by atoms with Crippen LogP contribution in [-0.2, 0) is 12.2 Å². The van der Waals surface area contributed by atoms with Gasteiger partial charge in [0.25, 0.3) is 11.1 Å². The molecule has 0 N–H and O–H groups in total. The summed E-state index contributed by atoms with van der Waals surface area (Å²) in [5, 5.41) is 12.6. The van der Waals surface area contributed by atoms with E-state index >= 15 is 0 Å². The monoisotopic (exact) mass is 429 g/mol. The van der Waals surface area contributed by atoms with Crippen LogP contribution in [0.15, 0.2) is 63.6 Å². The number of benzene rings is 2. The van der Waals surface area contributed by atoms with Gasteiger partial charge in [-0.25, -0.2) is 4.98 Å². The van der Waals surface area contributed by atoms with E-state index < -0.39 is 0 Å². The standard InChI is InChI=1S/C20H16ClN3O2S2/c1-25-17-5-3-2-4-16(17)19-23-24-20(26-19)28-12-15-11-27-18(22-15)10-13-6-8-14(21)9-7-13/h2-9,11H,10,12H2,1H3. The van der Waals surface area contributed by atoms with Crippen LogP contribution in [0.2, 0.25) is 5.02 Å². The molecular weight excluding hydrogens is 414 g/mol. The van der Waals surface area contributed by atoms with Gasteiger partial charge in [0.05, 0.1) is 23.4 Å². The van der Waals surface area contributed by atoms with Gasteiger partial charge in [-0.05, 0) is 29.8 Å². The first-order valence-electron chi connectivity index (χ1n) is 8.48. The number of thiazole rings is 1. The molecule has 5 nitrogen and oxygen atoms in total. The lowest BCUT2D eigenvalue weighted by Gasteiger charge is -2.03. The first kappa shape index (κ1) is 19.0. The second kappa shape index (κ2) is 8.77. The Morgan fingerprint density at radius 1 is 1.11 bits per heavy atom. The van der Waals surface area contributed by atoms with Gasteiger partial charge in [0.2, 0.25) is 0 Å². The molecule has 4 rings (SSSR count). The summed E-state index contributed by atoms with van der Waals surface area (Å²) in [6.07, 6.45) is 0.797. The van der Waals surface area contributed by atoms with Crippen molar-refractivity contribution in [3.05, 3.63) is 75.2 Å². The van der Waals surface area contributed by atoms with Gasteiger partial charge in [0, 0.05) is 22.6 Å². The molecule has 0 spiro atoms. The number of hydrogen-bond acceptors (Lipinski definition) is 7. The minimum absolute atomic E-state index is 0.446. The molecule has 0 atom stereocenters. The van der Waals surface area contributed by atoms with E-state index in [1.807, 2.05) is 48.5 Å². The van der Waals surface area contributed by atoms with Crippen LogP contribution in [0.4, 0.5) is 0 Å². The molecule has 0 amide bonds. The number of thioether (sulfide) groups is 1. The molecular formula is C20H16ClN3O2S2. The molecule has 2 aromatic carbocycles. The van der Waals surface area contributed by atoms with E-state index in [9.17, 15) is 0 Å². The second-order valence-electron chi connectivity index (χ2n) is 5.90. The van der Waals surface area contributed by atoms with Crippen LogP contribution < -0.4 is 4.74 Å². The van der Waals surface area contributed by atoms with E-state index in [4.69, 9.17) is 25.7 Å². The van der Waals surface area contributed by atoms with Gasteiger partial charge >= 0.3 is 0 Å². The number of methoxy groups -OCH3 is 1. The van der Waals surface area contributed by atoms with E-state index in [-0.39, 0.29) is 0 Å². The average molecular weight is 430 g/mol. The molecule has 0 saturated heterocycles. The summed E-state index contributed by atoms with van der Waals surface area (Å²) in [6.45, 7) is 0. The van der Waals surface area contributed by atoms with Crippen LogP contribution >= 0.6 is 34.7 Å². The van der Waals surface area contributed by atoms with Gasteiger partial charge < -0.3 is 9.15 Å². The number of para-hydroxylation sites is 1. The van der Waals surface area contributed by atoms with Crippen molar-refractivity contribution >= 4 is 34.7 Å². The average Bonchev–Trinajstić information content (AvgIpc) is 3.37. The topological polar surface area (TPSA) is 61.0 Å². The molecule has 0 bridgehead atoms. The van der Waals surface area contributed by atoms with Gasteiger partial charge in [-0.15, -0.1) is 21.5 Å². The van der Waals surface area contributed by atoms with Gasteiger partial charge in [0.15, 0.2) is 0 Å². The second-order valence-corrected chi connectivity index (χ2v) is 8.20. The summed E-state index contributed by atoms with van der Waals surface area (Å²) in [5.41, 5.74) is 2.97. The number of ether oxygens (including phenoxy) is 1. The predicted molar refractivity (Wildman–Crippen MR) is 112 cm³/mol. The highest BCUT2D eigenvalue weighted by atomic mass is 35.5. The van der Waals surface area contributed by atoms with E-state index in [0.29, 0.717) is 22.6 Å². The first-order chi connectivity index (χ1) is 13.7.